The van der Waals surface area contributed by atoms with Crippen LogP contribution in [0.5, 0.6) is 5.75 Å². The number of nitrogens with one attached hydrogen (secondary N) is 1. The number of rotatable bonds is 6. The molecule has 0 saturated carbocycles. The van der Waals surface area contributed by atoms with Gasteiger partial charge in [0.05, 0.1) is 12.5 Å². The normalized spacial score (nSPS) is 10.5. The summed E-state index contributed by atoms with van der Waals surface area (Å²) in [6.07, 6.45) is 0. The number of hydrogen-bond donors (Lipinski definition) is 1. The maximum atomic E-state index is 13.3. The minimum atomic E-state index is -0.217. The lowest BCUT2D eigenvalue weighted by Gasteiger charge is -2.13. The van der Waals surface area contributed by atoms with Gasteiger partial charge in [0.2, 0.25) is 0 Å². The van der Waals surface area contributed by atoms with Crippen LogP contribution >= 0.6 is 11.6 Å². The highest BCUT2D eigenvalue weighted by Gasteiger charge is 2.05. The molecule has 1 N–H and O–H groups in total. The molecule has 0 aliphatic rings. The molecule has 2 rings (SSSR count). The average Bonchev–Trinajstić information content (AvgIpc) is 2.49. The second-order valence-electron chi connectivity index (χ2n) is 4.81. The number of aryl methyl sites for hydroxylation is 1. The van der Waals surface area contributed by atoms with Crippen LogP contribution in [-0.4, -0.2) is 6.61 Å². The molecule has 4 heteroatoms. The van der Waals surface area contributed by atoms with E-state index in [-0.39, 0.29) is 5.82 Å². The summed E-state index contributed by atoms with van der Waals surface area (Å²) in [4.78, 5) is 0. The lowest BCUT2D eigenvalue weighted by atomic mass is 10.1. The van der Waals surface area contributed by atoms with E-state index in [4.69, 9.17) is 16.3 Å². The molecule has 0 saturated heterocycles. The van der Waals surface area contributed by atoms with Gasteiger partial charge in [-0.25, -0.2) is 4.39 Å². The Balaban J connectivity index is 2.11. The predicted molar refractivity (Wildman–Crippen MR) is 85.6 cm³/mol. The molecule has 2 aromatic rings. The summed E-state index contributed by atoms with van der Waals surface area (Å²) in [5.74, 6) is 0.981. The topological polar surface area (TPSA) is 21.3 Å². The van der Waals surface area contributed by atoms with Gasteiger partial charge in [-0.3, -0.25) is 0 Å². The quantitative estimate of drug-likeness (QED) is 0.768. The van der Waals surface area contributed by atoms with Crippen molar-refractivity contribution in [3.05, 3.63) is 58.9 Å². The summed E-state index contributed by atoms with van der Waals surface area (Å²) in [7, 11) is 0. The van der Waals surface area contributed by atoms with Gasteiger partial charge in [0.25, 0.3) is 0 Å². The van der Waals surface area contributed by atoms with Crippen molar-refractivity contribution in [2.45, 2.75) is 26.3 Å². The van der Waals surface area contributed by atoms with Gasteiger partial charge in [-0.2, -0.15) is 0 Å². The fourth-order valence-electron chi connectivity index (χ4n) is 2.12. The molecule has 21 heavy (non-hydrogen) atoms. The Morgan fingerprint density at radius 1 is 1.14 bits per heavy atom. The Morgan fingerprint density at radius 2 is 1.95 bits per heavy atom. The van der Waals surface area contributed by atoms with Crippen LogP contribution in [0.15, 0.2) is 36.4 Å². The Bertz CT molecular complexity index is 616. The second-order valence-corrected chi connectivity index (χ2v) is 5.08. The monoisotopic (exact) mass is 307 g/mol. The summed E-state index contributed by atoms with van der Waals surface area (Å²) < 4.78 is 18.8. The first-order valence-electron chi connectivity index (χ1n) is 6.94. The molecule has 0 aliphatic heterocycles. The lowest BCUT2D eigenvalue weighted by Crippen LogP contribution is -2.03. The summed E-state index contributed by atoms with van der Waals surface area (Å²) in [5.41, 5.74) is 3.89. The van der Waals surface area contributed by atoms with E-state index in [0.717, 1.165) is 28.1 Å². The summed E-state index contributed by atoms with van der Waals surface area (Å²) in [5, 5.41) is 3.29. The molecule has 0 amide bonds. The van der Waals surface area contributed by atoms with Gasteiger partial charge in [-0.05, 0) is 55.3 Å². The highest BCUT2D eigenvalue weighted by Crippen LogP contribution is 2.25. The molecule has 0 bridgehead atoms. The number of alkyl halides is 1. The third kappa shape index (κ3) is 4.11. The molecule has 0 fully saturated rings. The van der Waals surface area contributed by atoms with E-state index < -0.39 is 0 Å². The molecule has 0 atom stereocenters. The molecule has 0 aromatic heterocycles. The first kappa shape index (κ1) is 15.6. The first-order chi connectivity index (χ1) is 10.1. The van der Waals surface area contributed by atoms with E-state index in [1.165, 1.54) is 6.07 Å². The first-order valence-corrected chi connectivity index (χ1v) is 7.48. The van der Waals surface area contributed by atoms with Gasteiger partial charge >= 0.3 is 0 Å². The van der Waals surface area contributed by atoms with Crippen molar-refractivity contribution in [1.29, 1.82) is 0 Å². The third-order valence-electron chi connectivity index (χ3n) is 3.30. The second kappa shape index (κ2) is 7.32. The maximum absolute atomic E-state index is 13.3. The van der Waals surface area contributed by atoms with Crippen molar-refractivity contribution < 1.29 is 9.13 Å². The van der Waals surface area contributed by atoms with Crippen LogP contribution in [0.2, 0.25) is 0 Å². The molecule has 0 radical (unpaired) electrons. The van der Waals surface area contributed by atoms with E-state index in [9.17, 15) is 4.39 Å². The number of anilines is 1. The van der Waals surface area contributed by atoms with E-state index in [2.05, 4.69) is 5.32 Å². The summed E-state index contributed by atoms with van der Waals surface area (Å²) in [6, 6.07) is 10.6. The van der Waals surface area contributed by atoms with Gasteiger partial charge < -0.3 is 10.1 Å². The molecule has 0 unspecified atom stereocenters. The maximum Gasteiger partial charge on any atom is 0.123 e. The largest absolute Gasteiger partial charge is 0.494 e. The van der Waals surface area contributed by atoms with Crippen molar-refractivity contribution in [2.24, 2.45) is 0 Å². The lowest BCUT2D eigenvalue weighted by molar-refractivity contribution is 0.337. The van der Waals surface area contributed by atoms with Crippen molar-refractivity contribution in [2.75, 3.05) is 11.9 Å². The van der Waals surface area contributed by atoms with E-state index in [1.807, 2.05) is 32.0 Å². The Kier molecular flexibility index (Phi) is 5.45. The molecular weight excluding hydrogens is 289 g/mol. The van der Waals surface area contributed by atoms with Crippen LogP contribution in [0, 0.1) is 12.7 Å². The molecule has 112 valence electrons. The summed E-state index contributed by atoms with van der Waals surface area (Å²) in [6.45, 7) is 5.09. The van der Waals surface area contributed by atoms with Crippen molar-refractivity contribution in [3.8, 4) is 5.75 Å². The van der Waals surface area contributed by atoms with Gasteiger partial charge in [0.1, 0.15) is 11.6 Å². The number of benzene rings is 2. The molecule has 2 aromatic carbocycles. The van der Waals surface area contributed by atoms with E-state index >= 15 is 0 Å². The van der Waals surface area contributed by atoms with Crippen LogP contribution in [0.4, 0.5) is 10.1 Å². The Labute approximate surface area is 129 Å². The zero-order valence-corrected chi connectivity index (χ0v) is 13.0. The zero-order valence-electron chi connectivity index (χ0n) is 12.2. The highest BCUT2D eigenvalue weighted by molar-refractivity contribution is 6.17. The standard InChI is InChI=1S/C17H19ClFNO/c1-3-21-17-7-6-16(9-13(17)10-18)20-11-14-8-15(19)5-4-12(14)2/h4-9,20H,3,10-11H2,1-2H3. The van der Waals surface area contributed by atoms with Gasteiger partial charge in [-0.15, -0.1) is 11.6 Å². The average molecular weight is 308 g/mol. The van der Waals surface area contributed by atoms with Gasteiger partial charge in [0, 0.05) is 17.8 Å². The third-order valence-corrected chi connectivity index (χ3v) is 3.59. The highest BCUT2D eigenvalue weighted by atomic mass is 35.5. The molecule has 0 aliphatic carbocycles. The SMILES string of the molecule is CCOc1ccc(NCc2cc(F)ccc2C)cc1CCl. The predicted octanol–water partition coefficient (Wildman–Crippen LogP) is 4.88. The molecule has 0 spiro atoms. The van der Waals surface area contributed by atoms with Crippen LogP contribution in [-0.2, 0) is 12.4 Å². The van der Waals surface area contributed by atoms with E-state index in [1.54, 1.807) is 12.1 Å². The zero-order chi connectivity index (χ0) is 15.2. The van der Waals surface area contributed by atoms with Crippen molar-refractivity contribution in [3.63, 3.8) is 0 Å². The van der Waals surface area contributed by atoms with Gasteiger partial charge in [0.15, 0.2) is 0 Å². The molecule has 2 nitrogen and oxygen atoms in total. The Hall–Kier alpha value is -1.74. The Morgan fingerprint density at radius 3 is 2.67 bits per heavy atom. The smallest absolute Gasteiger partial charge is 0.123 e. The minimum Gasteiger partial charge on any atom is -0.494 e. The fourth-order valence-corrected chi connectivity index (χ4v) is 2.33. The van der Waals surface area contributed by atoms with Gasteiger partial charge in [-0.1, -0.05) is 6.07 Å². The van der Waals surface area contributed by atoms with Crippen LogP contribution in [0.25, 0.3) is 0 Å². The van der Waals surface area contributed by atoms with Crippen molar-refractivity contribution >= 4 is 17.3 Å². The van der Waals surface area contributed by atoms with Crippen molar-refractivity contribution in [1.82, 2.24) is 0 Å². The van der Waals surface area contributed by atoms with E-state index in [0.29, 0.717) is 19.0 Å². The van der Waals surface area contributed by atoms with Crippen LogP contribution in [0.3, 0.4) is 0 Å². The molecule has 0 heterocycles. The minimum absolute atomic E-state index is 0.217. The van der Waals surface area contributed by atoms with Crippen LogP contribution < -0.4 is 10.1 Å². The number of halogens is 2. The fraction of sp³-hybridized carbons (Fsp3) is 0.294. The molecular formula is C17H19ClFNO. The number of hydrogen-bond acceptors (Lipinski definition) is 2. The number of ether oxygens (including phenoxy) is 1. The van der Waals surface area contributed by atoms with Crippen LogP contribution in [0.1, 0.15) is 23.6 Å². The summed E-state index contributed by atoms with van der Waals surface area (Å²) >= 11 is 5.95.